The van der Waals surface area contributed by atoms with Crippen LogP contribution < -0.4 is 0 Å². The molecule has 2 atom stereocenters. The van der Waals surface area contributed by atoms with Gasteiger partial charge in [-0.1, -0.05) is 23.4 Å². The van der Waals surface area contributed by atoms with E-state index in [4.69, 9.17) is 22.0 Å². The second-order valence-corrected chi connectivity index (χ2v) is 3.75. The molecule has 0 saturated heterocycles. The Morgan fingerprint density at radius 2 is 2.27 bits per heavy atom. The predicted octanol–water partition coefficient (Wildman–Crippen LogP) is 0.770. The summed E-state index contributed by atoms with van der Waals surface area (Å²) in [7, 11) is 0. The van der Waals surface area contributed by atoms with Gasteiger partial charge < -0.3 is 10.2 Å². The summed E-state index contributed by atoms with van der Waals surface area (Å²) in [6, 6.07) is 1.51. The van der Waals surface area contributed by atoms with Crippen LogP contribution in [0.2, 0.25) is 5.15 Å². The maximum absolute atomic E-state index is 9.49. The summed E-state index contributed by atoms with van der Waals surface area (Å²) in [5, 5.41) is 27.5. The molecule has 0 aliphatic heterocycles. The van der Waals surface area contributed by atoms with E-state index in [9.17, 15) is 5.11 Å². The summed E-state index contributed by atoms with van der Waals surface area (Å²) < 4.78 is 0. The Morgan fingerprint density at radius 1 is 1.60 bits per heavy atom. The average Bonchev–Trinajstić information content (AvgIpc) is 2.26. The van der Waals surface area contributed by atoms with E-state index in [0.717, 1.165) is 0 Å². The van der Waals surface area contributed by atoms with E-state index in [1.165, 1.54) is 24.0 Å². The SMILES string of the molecule is CSc1ncc(C(O)C(O)C#N)c(Cl)n1. The second-order valence-electron chi connectivity index (χ2n) is 2.62. The Kier molecular flexibility index (Phi) is 4.29. The molecule has 0 fully saturated rings. The van der Waals surface area contributed by atoms with Gasteiger partial charge in [0.1, 0.15) is 11.3 Å². The highest BCUT2D eigenvalue weighted by Crippen LogP contribution is 2.24. The lowest BCUT2D eigenvalue weighted by atomic mass is 10.1. The summed E-state index contributed by atoms with van der Waals surface area (Å²) in [4.78, 5) is 7.75. The molecule has 15 heavy (non-hydrogen) atoms. The molecule has 1 aromatic rings. The van der Waals surface area contributed by atoms with Gasteiger partial charge in [-0.05, 0) is 6.26 Å². The fraction of sp³-hybridized carbons (Fsp3) is 0.375. The smallest absolute Gasteiger partial charge is 0.188 e. The fourth-order valence-electron chi connectivity index (χ4n) is 0.893. The third-order valence-electron chi connectivity index (χ3n) is 1.68. The number of aromatic nitrogens is 2. The van der Waals surface area contributed by atoms with Gasteiger partial charge in [0.2, 0.25) is 0 Å². The number of halogens is 1. The minimum Gasteiger partial charge on any atom is -0.384 e. The molecule has 0 bridgehead atoms. The Morgan fingerprint density at radius 3 is 2.73 bits per heavy atom. The van der Waals surface area contributed by atoms with Crippen LogP contribution in [0.1, 0.15) is 11.7 Å². The van der Waals surface area contributed by atoms with Gasteiger partial charge in [0.25, 0.3) is 0 Å². The normalized spacial score (nSPS) is 14.3. The first-order chi connectivity index (χ1) is 7.10. The number of hydrogen-bond acceptors (Lipinski definition) is 6. The molecule has 7 heteroatoms. The van der Waals surface area contributed by atoms with Gasteiger partial charge >= 0.3 is 0 Å². The van der Waals surface area contributed by atoms with Crippen molar-refractivity contribution in [3.05, 3.63) is 16.9 Å². The van der Waals surface area contributed by atoms with Gasteiger partial charge in [0.15, 0.2) is 11.3 Å². The van der Waals surface area contributed by atoms with E-state index < -0.39 is 12.2 Å². The monoisotopic (exact) mass is 245 g/mol. The minimum atomic E-state index is -1.54. The van der Waals surface area contributed by atoms with Crippen LogP contribution in [0.5, 0.6) is 0 Å². The third-order valence-corrected chi connectivity index (χ3v) is 2.54. The lowest BCUT2D eigenvalue weighted by molar-refractivity contribution is 0.0523. The van der Waals surface area contributed by atoms with Gasteiger partial charge in [-0.15, -0.1) is 0 Å². The molecule has 0 aliphatic rings. The second kappa shape index (κ2) is 5.28. The maximum Gasteiger partial charge on any atom is 0.188 e. The number of aliphatic hydroxyl groups excluding tert-OH is 2. The maximum atomic E-state index is 9.49. The van der Waals surface area contributed by atoms with Crippen LogP contribution in [0.15, 0.2) is 11.4 Å². The molecule has 0 amide bonds. The highest BCUT2D eigenvalue weighted by atomic mass is 35.5. The van der Waals surface area contributed by atoms with Crippen molar-refractivity contribution in [2.24, 2.45) is 0 Å². The van der Waals surface area contributed by atoms with Crippen LogP contribution in [-0.4, -0.2) is 32.5 Å². The lowest BCUT2D eigenvalue weighted by Gasteiger charge is -2.12. The van der Waals surface area contributed by atoms with Crippen molar-refractivity contribution in [1.82, 2.24) is 9.97 Å². The molecule has 5 nitrogen and oxygen atoms in total. The molecule has 2 unspecified atom stereocenters. The number of rotatable bonds is 3. The van der Waals surface area contributed by atoms with Crippen molar-refractivity contribution in [2.75, 3.05) is 6.26 Å². The van der Waals surface area contributed by atoms with Crippen LogP contribution in [-0.2, 0) is 0 Å². The molecule has 2 N–H and O–H groups in total. The van der Waals surface area contributed by atoms with Crippen molar-refractivity contribution in [3.8, 4) is 6.07 Å². The van der Waals surface area contributed by atoms with Crippen LogP contribution in [0.3, 0.4) is 0 Å². The van der Waals surface area contributed by atoms with E-state index in [1.54, 1.807) is 6.26 Å². The van der Waals surface area contributed by atoms with Crippen LogP contribution in [0.4, 0.5) is 0 Å². The molecular weight excluding hydrogens is 238 g/mol. The number of nitrogens with zero attached hydrogens (tertiary/aromatic N) is 3. The molecule has 80 valence electrons. The average molecular weight is 246 g/mol. The number of thioether (sulfide) groups is 1. The first-order valence-electron chi connectivity index (χ1n) is 3.92. The first-order valence-corrected chi connectivity index (χ1v) is 5.52. The van der Waals surface area contributed by atoms with Gasteiger partial charge in [0, 0.05) is 11.8 Å². The fourth-order valence-corrected chi connectivity index (χ4v) is 1.52. The molecule has 0 saturated carbocycles. The van der Waals surface area contributed by atoms with Crippen molar-refractivity contribution in [2.45, 2.75) is 17.4 Å². The van der Waals surface area contributed by atoms with E-state index in [1.807, 2.05) is 0 Å². The van der Waals surface area contributed by atoms with Crippen molar-refractivity contribution >= 4 is 23.4 Å². The summed E-state index contributed by atoms with van der Waals surface area (Å²) in [6.45, 7) is 0. The Bertz CT molecular complexity index is 396. The predicted molar refractivity (Wildman–Crippen MR) is 55.4 cm³/mol. The number of nitriles is 1. The highest BCUT2D eigenvalue weighted by Gasteiger charge is 2.21. The molecule has 0 aliphatic carbocycles. The van der Waals surface area contributed by atoms with Gasteiger partial charge in [-0.3, -0.25) is 0 Å². The molecule has 1 heterocycles. The molecule has 0 aromatic carbocycles. The summed E-state index contributed by atoms with van der Waals surface area (Å²) in [5.41, 5.74) is 0.142. The number of aliphatic hydroxyl groups is 2. The topological polar surface area (TPSA) is 90.0 Å². The molecular formula is C8H8ClN3O2S. The Balaban J connectivity index is 3.01. The standard InChI is InChI=1S/C8H8ClN3O2S/c1-15-8-11-3-4(7(9)12-8)6(14)5(13)2-10/h3,5-6,13-14H,1H3. The van der Waals surface area contributed by atoms with Gasteiger partial charge in [-0.25, -0.2) is 9.97 Å². The summed E-state index contributed by atoms with van der Waals surface area (Å²) in [6.07, 6.45) is 0.155. The summed E-state index contributed by atoms with van der Waals surface area (Å²) >= 11 is 7.06. The molecule has 1 aromatic heterocycles. The zero-order valence-electron chi connectivity index (χ0n) is 7.75. The van der Waals surface area contributed by atoms with Crippen LogP contribution in [0.25, 0.3) is 0 Å². The third kappa shape index (κ3) is 2.79. The quantitative estimate of drug-likeness (QED) is 0.354. The van der Waals surface area contributed by atoms with E-state index in [0.29, 0.717) is 5.16 Å². The molecule has 0 radical (unpaired) electrons. The van der Waals surface area contributed by atoms with E-state index >= 15 is 0 Å². The van der Waals surface area contributed by atoms with E-state index in [-0.39, 0.29) is 10.7 Å². The highest BCUT2D eigenvalue weighted by molar-refractivity contribution is 7.98. The molecule has 0 spiro atoms. The van der Waals surface area contributed by atoms with Crippen molar-refractivity contribution in [3.63, 3.8) is 0 Å². The van der Waals surface area contributed by atoms with Crippen molar-refractivity contribution in [1.29, 1.82) is 5.26 Å². The van der Waals surface area contributed by atoms with Crippen molar-refractivity contribution < 1.29 is 10.2 Å². The Labute approximate surface area is 95.7 Å². The van der Waals surface area contributed by atoms with Gasteiger partial charge in [-0.2, -0.15) is 5.26 Å². The molecule has 1 rings (SSSR count). The summed E-state index contributed by atoms with van der Waals surface area (Å²) in [5.74, 6) is 0. The lowest BCUT2D eigenvalue weighted by Crippen LogP contribution is -2.17. The van der Waals surface area contributed by atoms with Gasteiger partial charge in [0.05, 0.1) is 6.07 Å². The minimum absolute atomic E-state index is 0.0381. The Hall–Kier alpha value is -0.870. The first kappa shape index (κ1) is 12.2. The van der Waals surface area contributed by atoms with E-state index in [2.05, 4.69) is 9.97 Å². The van der Waals surface area contributed by atoms with Crippen LogP contribution in [0, 0.1) is 11.3 Å². The largest absolute Gasteiger partial charge is 0.384 e. The number of hydrogen-bond donors (Lipinski definition) is 2. The zero-order valence-corrected chi connectivity index (χ0v) is 9.33. The van der Waals surface area contributed by atoms with Crippen LogP contribution >= 0.6 is 23.4 Å². The zero-order chi connectivity index (χ0) is 11.4.